The van der Waals surface area contributed by atoms with Crippen molar-refractivity contribution in [1.82, 2.24) is 0 Å². The summed E-state index contributed by atoms with van der Waals surface area (Å²) in [7, 11) is 0. The predicted molar refractivity (Wildman–Crippen MR) is 80.3 cm³/mol. The Morgan fingerprint density at radius 1 is 1.26 bits per heavy atom. The van der Waals surface area contributed by atoms with Crippen LogP contribution in [0.25, 0.3) is 0 Å². The molecule has 0 saturated carbocycles. The zero-order valence-electron chi connectivity index (χ0n) is 12.1. The summed E-state index contributed by atoms with van der Waals surface area (Å²) in [5.41, 5.74) is 7.98. The number of nitrogens with two attached hydrogens (primary N) is 1. The molecule has 0 bridgehead atoms. The second kappa shape index (κ2) is 5.93. The maximum Gasteiger partial charge on any atom is 0.0637 e. The van der Waals surface area contributed by atoms with Gasteiger partial charge in [-0.25, -0.2) is 0 Å². The maximum absolute atomic E-state index is 10.1. The molecule has 1 fully saturated rings. The van der Waals surface area contributed by atoms with Crippen molar-refractivity contribution >= 4 is 5.69 Å². The SMILES string of the molecule is CC[C@H](N)c1ccc(N2CCCC(C)(O)CC2)cc1. The molecule has 1 saturated heterocycles. The summed E-state index contributed by atoms with van der Waals surface area (Å²) in [6.07, 6.45) is 3.74. The van der Waals surface area contributed by atoms with Crippen LogP contribution in [-0.4, -0.2) is 23.8 Å². The van der Waals surface area contributed by atoms with Gasteiger partial charge in [-0.1, -0.05) is 19.1 Å². The first-order chi connectivity index (χ1) is 9.02. The molecule has 106 valence electrons. The van der Waals surface area contributed by atoms with E-state index in [1.807, 2.05) is 6.92 Å². The van der Waals surface area contributed by atoms with Gasteiger partial charge in [0, 0.05) is 24.8 Å². The van der Waals surface area contributed by atoms with Crippen molar-refractivity contribution in [2.24, 2.45) is 5.73 Å². The predicted octanol–water partition coefficient (Wildman–Crippen LogP) is 2.84. The zero-order valence-corrected chi connectivity index (χ0v) is 12.1. The average Bonchev–Trinajstić information content (AvgIpc) is 2.59. The summed E-state index contributed by atoms with van der Waals surface area (Å²) < 4.78 is 0. The minimum absolute atomic E-state index is 0.138. The van der Waals surface area contributed by atoms with Gasteiger partial charge in [0.2, 0.25) is 0 Å². The van der Waals surface area contributed by atoms with Crippen LogP contribution in [0.1, 0.15) is 51.1 Å². The molecule has 3 nitrogen and oxygen atoms in total. The molecule has 3 heteroatoms. The quantitative estimate of drug-likeness (QED) is 0.880. The standard InChI is InChI=1S/C16H26N2O/c1-3-15(17)13-5-7-14(8-6-13)18-11-4-9-16(2,19)10-12-18/h5-8,15,19H,3-4,9-12,17H2,1-2H3/t15-,16?/m0/s1. The van der Waals surface area contributed by atoms with Crippen molar-refractivity contribution in [3.05, 3.63) is 29.8 Å². The van der Waals surface area contributed by atoms with Gasteiger partial charge in [-0.05, 0) is 50.3 Å². The van der Waals surface area contributed by atoms with E-state index in [9.17, 15) is 5.11 Å². The zero-order chi connectivity index (χ0) is 13.9. The Hall–Kier alpha value is -1.06. The van der Waals surface area contributed by atoms with Crippen LogP contribution in [0.4, 0.5) is 5.69 Å². The Balaban J connectivity index is 2.05. The van der Waals surface area contributed by atoms with E-state index in [4.69, 9.17) is 5.73 Å². The smallest absolute Gasteiger partial charge is 0.0637 e. The number of aliphatic hydroxyl groups is 1. The third-order valence-corrected chi connectivity index (χ3v) is 4.19. The highest BCUT2D eigenvalue weighted by atomic mass is 16.3. The maximum atomic E-state index is 10.1. The third kappa shape index (κ3) is 3.71. The van der Waals surface area contributed by atoms with Crippen LogP contribution >= 0.6 is 0 Å². The first kappa shape index (κ1) is 14.4. The Morgan fingerprint density at radius 3 is 2.58 bits per heavy atom. The van der Waals surface area contributed by atoms with Gasteiger partial charge in [-0.3, -0.25) is 0 Å². The second-order valence-corrected chi connectivity index (χ2v) is 5.94. The van der Waals surface area contributed by atoms with Crippen LogP contribution in [0.3, 0.4) is 0 Å². The number of hydrogen-bond acceptors (Lipinski definition) is 3. The fraction of sp³-hybridized carbons (Fsp3) is 0.625. The van der Waals surface area contributed by atoms with Crippen LogP contribution in [0.15, 0.2) is 24.3 Å². The number of nitrogens with zero attached hydrogens (tertiary/aromatic N) is 1. The molecule has 19 heavy (non-hydrogen) atoms. The molecule has 1 unspecified atom stereocenters. The van der Waals surface area contributed by atoms with Crippen LogP contribution in [0.2, 0.25) is 0 Å². The third-order valence-electron chi connectivity index (χ3n) is 4.19. The molecule has 0 spiro atoms. The topological polar surface area (TPSA) is 49.5 Å². The molecule has 1 aliphatic rings. The normalized spacial score (nSPS) is 26.0. The molecule has 3 N–H and O–H groups in total. The van der Waals surface area contributed by atoms with E-state index in [1.54, 1.807) is 0 Å². The first-order valence-electron chi connectivity index (χ1n) is 7.35. The summed E-state index contributed by atoms with van der Waals surface area (Å²) in [5, 5.41) is 10.1. The highest BCUT2D eigenvalue weighted by molar-refractivity contribution is 5.48. The highest BCUT2D eigenvalue weighted by Gasteiger charge is 2.24. The van der Waals surface area contributed by atoms with E-state index in [0.717, 1.165) is 38.8 Å². The first-order valence-corrected chi connectivity index (χ1v) is 7.35. The summed E-state index contributed by atoms with van der Waals surface area (Å²) >= 11 is 0. The molecule has 0 amide bonds. The van der Waals surface area contributed by atoms with Crippen LogP contribution in [0.5, 0.6) is 0 Å². The van der Waals surface area contributed by atoms with Crippen molar-refractivity contribution in [1.29, 1.82) is 0 Å². The van der Waals surface area contributed by atoms with Gasteiger partial charge in [-0.2, -0.15) is 0 Å². The van der Waals surface area contributed by atoms with Gasteiger partial charge in [0.05, 0.1) is 5.60 Å². The summed E-state index contributed by atoms with van der Waals surface area (Å²) in [4.78, 5) is 2.36. The Bertz CT molecular complexity index is 400. The molecule has 0 aromatic heterocycles. The van der Waals surface area contributed by atoms with E-state index in [-0.39, 0.29) is 6.04 Å². The van der Waals surface area contributed by atoms with Crippen molar-refractivity contribution < 1.29 is 5.11 Å². The van der Waals surface area contributed by atoms with Crippen molar-refractivity contribution in [2.45, 2.75) is 51.2 Å². The van der Waals surface area contributed by atoms with E-state index in [0.29, 0.717) is 0 Å². The highest BCUT2D eigenvalue weighted by Crippen LogP contribution is 2.26. The molecule has 0 radical (unpaired) electrons. The van der Waals surface area contributed by atoms with Gasteiger partial charge in [0.25, 0.3) is 0 Å². The molecule has 2 rings (SSSR count). The summed E-state index contributed by atoms with van der Waals surface area (Å²) in [5.74, 6) is 0. The number of benzene rings is 1. The monoisotopic (exact) mass is 262 g/mol. The Morgan fingerprint density at radius 2 is 1.95 bits per heavy atom. The molecule has 2 atom stereocenters. The van der Waals surface area contributed by atoms with Crippen molar-refractivity contribution in [3.8, 4) is 0 Å². The molecule has 1 aliphatic heterocycles. The molecule has 1 aromatic rings. The van der Waals surface area contributed by atoms with Gasteiger partial charge < -0.3 is 15.7 Å². The summed E-state index contributed by atoms with van der Waals surface area (Å²) in [6.45, 7) is 6.00. The minimum Gasteiger partial charge on any atom is -0.390 e. The van der Waals surface area contributed by atoms with Crippen LogP contribution in [-0.2, 0) is 0 Å². The van der Waals surface area contributed by atoms with Crippen LogP contribution < -0.4 is 10.6 Å². The molecule has 1 heterocycles. The van der Waals surface area contributed by atoms with Gasteiger partial charge in [0.15, 0.2) is 0 Å². The van der Waals surface area contributed by atoms with Gasteiger partial charge in [0.1, 0.15) is 0 Å². The molecular formula is C16H26N2O. The molecular weight excluding hydrogens is 236 g/mol. The number of rotatable bonds is 3. The number of anilines is 1. The van der Waals surface area contributed by atoms with Crippen molar-refractivity contribution in [2.75, 3.05) is 18.0 Å². The van der Waals surface area contributed by atoms with E-state index < -0.39 is 5.60 Å². The lowest BCUT2D eigenvalue weighted by Gasteiger charge is -2.24. The number of hydrogen-bond donors (Lipinski definition) is 2. The van der Waals surface area contributed by atoms with E-state index >= 15 is 0 Å². The average molecular weight is 262 g/mol. The van der Waals surface area contributed by atoms with Gasteiger partial charge in [-0.15, -0.1) is 0 Å². The summed E-state index contributed by atoms with van der Waals surface area (Å²) in [6, 6.07) is 8.72. The van der Waals surface area contributed by atoms with Crippen LogP contribution in [0, 0.1) is 0 Å². The van der Waals surface area contributed by atoms with E-state index in [1.165, 1.54) is 11.3 Å². The lowest BCUT2D eigenvalue weighted by molar-refractivity contribution is 0.0481. The second-order valence-electron chi connectivity index (χ2n) is 5.94. The minimum atomic E-state index is -0.501. The Kier molecular flexibility index (Phi) is 4.48. The van der Waals surface area contributed by atoms with Crippen molar-refractivity contribution in [3.63, 3.8) is 0 Å². The van der Waals surface area contributed by atoms with E-state index in [2.05, 4.69) is 36.1 Å². The Labute approximate surface area is 116 Å². The largest absolute Gasteiger partial charge is 0.390 e. The fourth-order valence-electron chi connectivity index (χ4n) is 2.69. The van der Waals surface area contributed by atoms with Gasteiger partial charge >= 0.3 is 0 Å². The molecule has 0 aliphatic carbocycles. The molecule has 1 aromatic carbocycles. The lowest BCUT2D eigenvalue weighted by atomic mass is 9.98. The fourth-order valence-corrected chi connectivity index (χ4v) is 2.69. The lowest BCUT2D eigenvalue weighted by Crippen LogP contribution is -2.28.